The van der Waals surface area contributed by atoms with E-state index in [2.05, 4.69) is 9.28 Å². The van der Waals surface area contributed by atoms with Crippen molar-refractivity contribution in [1.29, 1.82) is 0 Å². The minimum atomic E-state index is -3.99. The Morgan fingerprint density at radius 1 is 1.35 bits per heavy atom. The number of rotatable bonds is 3. The number of hydrogen-bond donors (Lipinski definition) is 2. The second-order valence-electron chi connectivity index (χ2n) is 3.25. The van der Waals surface area contributed by atoms with E-state index in [9.17, 15) is 8.42 Å². The van der Waals surface area contributed by atoms with Crippen LogP contribution in [0.5, 0.6) is 0 Å². The fourth-order valence-electron chi connectivity index (χ4n) is 0.990. The smallest absolute Gasteiger partial charge is 0.319 e. The van der Waals surface area contributed by atoms with Crippen LogP contribution in [0.25, 0.3) is 0 Å². The van der Waals surface area contributed by atoms with Crippen LogP contribution in [0.15, 0.2) is 34.2 Å². The van der Waals surface area contributed by atoms with E-state index in [0.717, 1.165) is 5.56 Å². The lowest BCUT2D eigenvalue weighted by Crippen LogP contribution is -2.43. The van der Waals surface area contributed by atoms with Gasteiger partial charge in [-0.3, -0.25) is 4.99 Å². The first-order valence-corrected chi connectivity index (χ1v) is 6.06. The fraction of sp³-hybridized carbons (Fsp3) is 0.222. The predicted molar refractivity (Wildman–Crippen MR) is 63.0 cm³/mol. The molecule has 0 heterocycles. The van der Waals surface area contributed by atoms with Gasteiger partial charge >= 0.3 is 10.1 Å². The number of hydroxylamine groups is 1. The third-order valence-electron chi connectivity index (χ3n) is 1.94. The molecule has 0 atom stereocenters. The fourth-order valence-corrected chi connectivity index (χ4v) is 1.83. The Morgan fingerprint density at radius 3 is 2.35 bits per heavy atom. The molecule has 1 rings (SSSR count). The molecule has 4 N–H and O–H groups in total. The monoisotopic (exact) mass is 258 g/mol. The zero-order valence-electron chi connectivity index (χ0n) is 9.49. The molecule has 1 aromatic rings. The topological polar surface area (TPSA) is 111 Å². The van der Waals surface area contributed by atoms with Crippen LogP contribution in [0.2, 0.25) is 0 Å². The summed E-state index contributed by atoms with van der Waals surface area (Å²) in [7, 11) is -2.63. The van der Waals surface area contributed by atoms with E-state index in [1.807, 2.05) is 6.92 Å². The third kappa shape index (κ3) is 3.41. The van der Waals surface area contributed by atoms with Gasteiger partial charge in [-0.15, -0.1) is 9.46 Å². The Balaban J connectivity index is 2.93. The van der Waals surface area contributed by atoms with Crippen molar-refractivity contribution in [1.82, 2.24) is 5.17 Å². The van der Waals surface area contributed by atoms with Crippen LogP contribution in [-0.2, 0) is 14.4 Å². The molecule has 94 valence electrons. The molecule has 1 aromatic carbocycles. The van der Waals surface area contributed by atoms with Gasteiger partial charge in [0.25, 0.3) is 0 Å². The van der Waals surface area contributed by atoms with Crippen LogP contribution in [0.4, 0.5) is 0 Å². The highest BCUT2D eigenvalue weighted by Crippen LogP contribution is 2.13. The van der Waals surface area contributed by atoms with Gasteiger partial charge in [-0.1, -0.05) is 17.7 Å². The first-order chi connectivity index (χ1) is 7.86. The van der Waals surface area contributed by atoms with E-state index < -0.39 is 10.1 Å². The summed E-state index contributed by atoms with van der Waals surface area (Å²) >= 11 is 0. The zero-order valence-corrected chi connectivity index (χ0v) is 10.3. The van der Waals surface area contributed by atoms with E-state index >= 15 is 0 Å². The van der Waals surface area contributed by atoms with E-state index in [4.69, 9.17) is 11.6 Å². The normalized spacial score (nSPS) is 12.5. The highest BCUT2D eigenvalue weighted by molar-refractivity contribution is 7.86. The molecule has 0 aliphatic carbocycles. The molecule has 0 aliphatic heterocycles. The Kier molecular flexibility index (Phi) is 4.05. The maximum Gasteiger partial charge on any atom is 0.319 e. The SMILES string of the molecule is CN=C(N)N(N)OS(=O)(=O)c1ccc(C)cc1. The van der Waals surface area contributed by atoms with Gasteiger partial charge in [0, 0.05) is 7.05 Å². The van der Waals surface area contributed by atoms with Crippen molar-refractivity contribution in [3.05, 3.63) is 29.8 Å². The molecule has 0 saturated heterocycles. The van der Waals surface area contributed by atoms with Gasteiger partial charge in [0.2, 0.25) is 5.96 Å². The van der Waals surface area contributed by atoms with Crippen LogP contribution < -0.4 is 11.6 Å². The Labute approximate surface area is 99.7 Å². The van der Waals surface area contributed by atoms with Crippen molar-refractivity contribution in [2.24, 2.45) is 16.6 Å². The average Bonchev–Trinajstić information content (AvgIpc) is 2.27. The van der Waals surface area contributed by atoms with Gasteiger partial charge in [-0.05, 0) is 19.1 Å². The third-order valence-corrected chi connectivity index (χ3v) is 3.15. The number of nitrogens with two attached hydrogens (primary N) is 2. The molecular formula is C9H14N4O3S. The maximum atomic E-state index is 11.7. The van der Waals surface area contributed by atoms with Crippen molar-refractivity contribution in [2.75, 3.05) is 7.05 Å². The summed E-state index contributed by atoms with van der Waals surface area (Å²) in [6.07, 6.45) is 0. The van der Waals surface area contributed by atoms with Crippen molar-refractivity contribution in [3.8, 4) is 0 Å². The number of nitrogens with zero attached hydrogens (tertiary/aromatic N) is 2. The van der Waals surface area contributed by atoms with Crippen LogP contribution in [0.1, 0.15) is 5.56 Å². The number of benzene rings is 1. The number of aliphatic imine (C=N–C) groups is 1. The second-order valence-corrected chi connectivity index (χ2v) is 4.78. The molecule has 0 fully saturated rings. The summed E-state index contributed by atoms with van der Waals surface area (Å²) in [6.45, 7) is 1.84. The molecule has 0 bridgehead atoms. The van der Waals surface area contributed by atoms with Crippen LogP contribution in [0, 0.1) is 6.92 Å². The minimum Gasteiger partial charge on any atom is -0.367 e. The summed E-state index contributed by atoms with van der Waals surface area (Å²) in [5.41, 5.74) is 6.22. The lowest BCUT2D eigenvalue weighted by molar-refractivity contribution is 0.0251. The number of hydrazine groups is 1. The maximum absolute atomic E-state index is 11.7. The highest BCUT2D eigenvalue weighted by atomic mass is 32.2. The van der Waals surface area contributed by atoms with Gasteiger partial charge in [0.05, 0.1) is 4.90 Å². The molecular weight excluding hydrogens is 244 g/mol. The Hall–Kier alpha value is -1.64. The Bertz CT molecular complexity index is 510. The average molecular weight is 258 g/mol. The predicted octanol–water partition coefficient (Wildman–Crippen LogP) is -0.264. The number of aryl methyl sites for hydroxylation is 1. The molecule has 0 aromatic heterocycles. The van der Waals surface area contributed by atoms with Crippen molar-refractivity contribution in [3.63, 3.8) is 0 Å². The summed E-state index contributed by atoms with van der Waals surface area (Å²) < 4.78 is 28.0. The summed E-state index contributed by atoms with van der Waals surface area (Å²) in [6, 6.07) is 6.12. The summed E-state index contributed by atoms with van der Waals surface area (Å²) in [4.78, 5) is 3.47. The highest BCUT2D eigenvalue weighted by Gasteiger charge is 2.19. The van der Waals surface area contributed by atoms with Gasteiger partial charge in [0.1, 0.15) is 0 Å². The van der Waals surface area contributed by atoms with Crippen molar-refractivity contribution >= 4 is 16.1 Å². The van der Waals surface area contributed by atoms with Gasteiger partial charge in [-0.2, -0.15) is 8.42 Å². The molecule has 7 nitrogen and oxygen atoms in total. The zero-order chi connectivity index (χ0) is 13.1. The molecule has 17 heavy (non-hydrogen) atoms. The van der Waals surface area contributed by atoms with Crippen molar-refractivity contribution in [2.45, 2.75) is 11.8 Å². The quantitative estimate of drug-likeness (QED) is 0.334. The van der Waals surface area contributed by atoms with Gasteiger partial charge < -0.3 is 5.73 Å². The first kappa shape index (κ1) is 13.4. The molecule has 0 unspecified atom stereocenters. The van der Waals surface area contributed by atoms with E-state index in [1.165, 1.54) is 19.2 Å². The molecule has 0 amide bonds. The van der Waals surface area contributed by atoms with Crippen molar-refractivity contribution < 1.29 is 12.7 Å². The second kappa shape index (κ2) is 5.13. The summed E-state index contributed by atoms with van der Waals surface area (Å²) in [5, 5.41) is 0.398. The molecule has 0 aliphatic rings. The van der Waals surface area contributed by atoms with E-state index in [-0.39, 0.29) is 10.9 Å². The molecule has 0 spiro atoms. The van der Waals surface area contributed by atoms with Gasteiger partial charge in [0.15, 0.2) is 0 Å². The van der Waals surface area contributed by atoms with Crippen LogP contribution in [0.3, 0.4) is 0 Å². The van der Waals surface area contributed by atoms with Gasteiger partial charge in [-0.25, -0.2) is 5.84 Å². The Morgan fingerprint density at radius 2 is 1.88 bits per heavy atom. The number of guanidine groups is 1. The van der Waals surface area contributed by atoms with Crippen LogP contribution in [-0.4, -0.2) is 26.6 Å². The summed E-state index contributed by atoms with van der Waals surface area (Å²) in [5.74, 6) is 5.01. The first-order valence-electron chi connectivity index (χ1n) is 4.65. The van der Waals surface area contributed by atoms with E-state index in [1.54, 1.807) is 12.1 Å². The van der Waals surface area contributed by atoms with E-state index in [0.29, 0.717) is 5.17 Å². The lowest BCUT2D eigenvalue weighted by atomic mass is 10.2. The van der Waals surface area contributed by atoms with Crippen LogP contribution >= 0.6 is 0 Å². The number of hydrogen-bond acceptors (Lipinski definition) is 5. The molecule has 0 saturated carbocycles. The standard InChI is InChI=1S/C9H14N4O3S/c1-7-3-5-8(6-4-7)17(14,15)16-13(11)9(10)12-2/h3-6H,11H2,1-2H3,(H2,10,12). The minimum absolute atomic E-state index is 0.0116. The largest absolute Gasteiger partial charge is 0.367 e. The molecule has 8 heteroatoms. The molecule has 0 radical (unpaired) electrons. The lowest BCUT2D eigenvalue weighted by Gasteiger charge is -2.15.